The lowest BCUT2D eigenvalue weighted by Gasteiger charge is -2.15. The lowest BCUT2D eigenvalue weighted by molar-refractivity contribution is -0.117. The van der Waals surface area contributed by atoms with E-state index in [4.69, 9.17) is 0 Å². The maximum atomic E-state index is 12.2. The van der Waals surface area contributed by atoms with Gasteiger partial charge in [0.25, 0.3) is 5.91 Å². The number of hydrogen-bond acceptors (Lipinski definition) is 2. The van der Waals surface area contributed by atoms with Crippen molar-refractivity contribution in [2.75, 3.05) is 11.4 Å². The summed E-state index contributed by atoms with van der Waals surface area (Å²) in [5, 5.41) is 2.90. The van der Waals surface area contributed by atoms with E-state index in [1.807, 2.05) is 36.4 Å². The fourth-order valence-electron chi connectivity index (χ4n) is 2.63. The summed E-state index contributed by atoms with van der Waals surface area (Å²) < 4.78 is 0.975. The molecule has 1 saturated heterocycles. The van der Waals surface area contributed by atoms with Crippen molar-refractivity contribution >= 4 is 33.4 Å². The van der Waals surface area contributed by atoms with E-state index >= 15 is 0 Å². The molecule has 5 heteroatoms. The number of benzene rings is 2. The lowest BCUT2D eigenvalue weighted by Crippen LogP contribution is -2.25. The lowest BCUT2D eigenvalue weighted by atomic mass is 10.1. The maximum Gasteiger partial charge on any atom is 0.251 e. The average molecular weight is 373 g/mol. The van der Waals surface area contributed by atoms with E-state index in [0.29, 0.717) is 18.5 Å². The van der Waals surface area contributed by atoms with Crippen LogP contribution in [0.3, 0.4) is 0 Å². The predicted molar refractivity (Wildman–Crippen MR) is 93.3 cm³/mol. The molecule has 1 aliphatic rings. The monoisotopic (exact) mass is 372 g/mol. The van der Waals surface area contributed by atoms with Crippen LogP contribution in [-0.2, 0) is 11.3 Å². The molecule has 3 rings (SSSR count). The van der Waals surface area contributed by atoms with Gasteiger partial charge in [-0.1, -0.05) is 34.1 Å². The Morgan fingerprint density at radius 1 is 1.13 bits per heavy atom. The summed E-state index contributed by atoms with van der Waals surface area (Å²) in [4.78, 5) is 25.7. The van der Waals surface area contributed by atoms with Gasteiger partial charge in [-0.05, 0) is 42.3 Å². The fraction of sp³-hybridized carbons (Fsp3) is 0.222. The Morgan fingerprint density at radius 3 is 2.52 bits per heavy atom. The minimum Gasteiger partial charge on any atom is -0.348 e. The molecule has 4 nitrogen and oxygen atoms in total. The molecule has 0 aromatic heterocycles. The maximum absolute atomic E-state index is 12.2. The van der Waals surface area contributed by atoms with Gasteiger partial charge >= 0.3 is 0 Å². The number of nitrogens with zero attached hydrogens (tertiary/aromatic N) is 1. The first-order chi connectivity index (χ1) is 11.1. The molecule has 23 heavy (non-hydrogen) atoms. The third-order valence-corrected chi connectivity index (χ3v) is 4.69. The molecule has 0 bridgehead atoms. The van der Waals surface area contributed by atoms with Gasteiger partial charge in [0.15, 0.2) is 0 Å². The Labute approximate surface area is 143 Å². The predicted octanol–water partition coefficient (Wildman–Crippen LogP) is 3.51. The molecule has 2 amide bonds. The van der Waals surface area contributed by atoms with Gasteiger partial charge in [0, 0.05) is 35.2 Å². The Hall–Kier alpha value is -2.14. The van der Waals surface area contributed by atoms with Gasteiger partial charge in [0.2, 0.25) is 5.91 Å². The molecule has 0 aliphatic carbocycles. The number of halogens is 1. The van der Waals surface area contributed by atoms with E-state index < -0.39 is 0 Å². The van der Waals surface area contributed by atoms with Crippen LogP contribution in [0.15, 0.2) is 53.0 Å². The zero-order chi connectivity index (χ0) is 16.2. The second-order valence-corrected chi connectivity index (χ2v) is 6.32. The quantitative estimate of drug-likeness (QED) is 0.892. The molecule has 0 atom stereocenters. The minimum absolute atomic E-state index is 0.125. The second kappa shape index (κ2) is 6.96. The first-order valence-electron chi connectivity index (χ1n) is 7.57. The summed E-state index contributed by atoms with van der Waals surface area (Å²) in [6, 6.07) is 15.0. The molecule has 0 radical (unpaired) electrons. The Kier molecular flexibility index (Phi) is 4.76. The van der Waals surface area contributed by atoms with E-state index in [1.165, 1.54) is 0 Å². The molecule has 1 heterocycles. The van der Waals surface area contributed by atoms with Crippen LogP contribution in [0.1, 0.15) is 28.8 Å². The van der Waals surface area contributed by atoms with Crippen LogP contribution in [0.25, 0.3) is 0 Å². The first kappa shape index (κ1) is 15.7. The SMILES string of the molecule is O=C(NCc1ccccc1Br)c1ccc(N2CCCC2=O)cc1. The molecule has 2 aromatic carbocycles. The molecule has 2 aromatic rings. The van der Waals surface area contributed by atoms with Crippen molar-refractivity contribution in [3.05, 3.63) is 64.1 Å². The molecular formula is C18H17BrN2O2. The Morgan fingerprint density at radius 2 is 1.87 bits per heavy atom. The summed E-state index contributed by atoms with van der Waals surface area (Å²) in [5.41, 5.74) is 2.47. The van der Waals surface area contributed by atoms with Crippen molar-refractivity contribution in [2.24, 2.45) is 0 Å². The minimum atomic E-state index is -0.125. The molecule has 0 saturated carbocycles. The number of nitrogens with one attached hydrogen (secondary N) is 1. The summed E-state index contributed by atoms with van der Waals surface area (Å²) in [6.45, 7) is 1.22. The highest BCUT2D eigenvalue weighted by Gasteiger charge is 2.21. The van der Waals surface area contributed by atoms with Crippen LogP contribution in [-0.4, -0.2) is 18.4 Å². The molecule has 1 N–H and O–H groups in total. The van der Waals surface area contributed by atoms with Crippen LogP contribution >= 0.6 is 15.9 Å². The van der Waals surface area contributed by atoms with E-state index in [9.17, 15) is 9.59 Å². The van der Waals surface area contributed by atoms with Crippen molar-refractivity contribution in [3.8, 4) is 0 Å². The fourth-order valence-corrected chi connectivity index (χ4v) is 3.06. The molecular weight excluding hydrogens is 356 g/mol. The van der Waals surface area contributed by atoms with Crippen LogP contribution < -0.4 is 10.2 Å². The Bertz CT molecular complexity index is 728. The topological polar surface area (TPSA) is 49.4 Å². The van der Waals surface area contributed by atoms with Gasteiger partial charge in [-0.2, -0.15) is 0 Å². The van der Waals surface area contributed by atoms with E-state index in [1.54, 1.807) is 17.0 Å². The molecule has 1 aliphatic heterocycles. The number of rotatable bonds is 4. The number of carbonyl (C=O) groups excluding carboxylic acids is 2. The highest BCUT2D eigenvalue weighted by Crippen LogP contribution is 2.21. The van der Waals surface area contributed by atoms with E-state index in [2.05, 4.69) is 21.2 Å². The van der Waals surface area contributed by atoms with Gasteiger partial charge in [-0.3, -0.25) is 9.59 Å². The van der Waals surface area contributed by atoms with E-state index in [0.717, 1.165) is 28.7 Å². The van der Waals surface area contributed by atoms with Crippen LogP contribution in [0.4, 0.5) is 5.69 Å². The van der Waals surface area contributed by atoms with Gasteiger partial charge in [-0.15, -0.1) is 0 Å². The summed E-state index contributed by atoms with van der Waals surface area (Å²) in [6.07, 6.45) is 1.50. The van der Waals surface area contributed by atoms with Crippen molar-refractivity contribution in [1.29, 1.82) is 0 Å². The van der Waals surface area contributed by atoms with Crippen LogP contribution in [0.2, 0.25) is 0 Å². The summed E-state index contributed by atoms with van der Waals surface area (Å²) >= 11 is 3.47. The van der Waals surface area contributed by atoms with E-state index in [-0.39, 0.29) is 11.8 Å². The van der Waals surface area contributed by atoms with Gasteiger partial charge in [0.05, 0.1) is 0 Å². The number of carbonyl (C=O) groups is 2. The average Bonchev–Trinajstić information content (AvgIpc) is 3.00. The first-order valence-corrected chi connectivity index (χ1v) is 8.36. The largest absolute Gasteiger partial charge is 0.348 e. The van der Waals surface area contributed by atoms with Crippen molar-refractivity contribution < 1.29 is 9.59 Å². The second-order valence-electron chi connectivity index (χ2n) is 5.47. The zero-order valence-corrected chi connectivity index (χ0v) is 14.2. The molecule has 0 unspecified atom stereocenters. The number of amides is 2. The zero-order valence-electron chi connectivity index (χ0n) is 12.6. The van der Waals surface area contributed by atoms with Gasteiger partial charge in [-0.25, -0.2) is 0 Å². The number of anilines is 1. The smallest absolute Gasteiger partial charge is 0.251 e. The number of hydrogen-bond donors (Lipinski definition) is 1. The normalized spacial score (nSPS) is 14.1. The third kappa shape index (κ3) is 3.62. The highest BCUT2D eigenvalue weighted by atomic mass is 79.9. The molecule has 118 valence electrons. The van der Waals surface area contributed by atoms with Crippen LogP contribution in [0, 0.1) is 0 Å². The van der Waals surface area contributed by atoms with Crippen molar-refractivity contribution in [1.82, 2.24) is 5.32 Å². The third-order valence-electron chi connectivity index (χ3n) is 3.91. The Balaban J connectivity index is 1.64. The molecule has 0 spiro atoms. The van der Waals surface area contributed by atoms with Crippen molar-refractivity contribution in [2.45, 2.75) is 19.4 Å². The van der Waals surface area contributed by atoms with Gasteiger partial charge < -0.3 is 10.2 Å². The highest BCUT2D eigenvalue weighted by molar-refractivity contribution is 9.10. The van der Waals surface area contributed by atoms with Crippen molar-refractivity contribution in [3.63, 3.8) is 0 Å². The van der Waals surface area contributed by atoms with Crippen LogP contribution in [0.5, 0.6) is 0 Å². The van der Waals surface area contributed by atoms with Gasteiger partial charge in [0.1, 0.15) is 0 Å². The summed E-state index contributed by atoms with van der Waals surface area (Å²) in [5.74, 6) is 0.0242. The summed E-state index contributed by atoms with van der Waals surface area (Å²) in [7, 11) is 0. The standard InChI is InChI=1S/C18H17BrN2O2/c19-16-5-2-1-4-14(16)12-20-18(23)13-7-9-15(10-8-13)21-11-3-6-17(21)22/h1-2,4-5,7-10H,3,6,11-12H2,(H,20,23). The molecule has 1 fully saturated rings.